The summed E-state index contributed by atoms with van der Waals surface area (Å²) in [7, 11) is 0. The minimum atomic E-state index is -1.08. The summed E-state index contributed by atoms with van der Waals surface area (Å²) in [6.45, 7) is 1.65. The van der Waals surface area contributed by atoms with Crippen molar-refractivity contribution in [1.82, 2.24) is 9.66 Å². The fraction of sp³-hybridized carbons (Fsp3) is 0.150. The van der Waals surface area contributed by atoms with Crippen molar-refractivity contribution in [3.63, 3.8) is 0 Å². The summed E-state index contributed by atoms with van der Waals surface area (Å²) in [5, 5.41) is 13.4. The number of aromatic nitrogens is 2. The molecule has 8 nitrogen and oxygen atoms in total. The number of nitrogens with zero attached hydrogens (tertiary/aromatic N) is 4. The van der Waals surface area contributed by atoms with Gasteiger partial charge < -0.3 is 5.11 Å². The van der Waals surface area contributed by atoms with Crippen LogP contribution in [0.5, 0.6) is 0 Å². The maximum Gasteiger partial charge on any atom is 0.305 e. The minimum Gasteiger partial charge on any atom is -0.481 e. The average Bonchev–Trinajstić information content (AvgIpc) is 3.00. The first-order chi connectivity index (χ1) is 14.0. The number of benzene rings is 2. The summed E-state index contributed by atoms with van der Waals surface area (Å²) in [6.07, 6.45) is -0.338. The largest absolute Gasteiger partial charge is 0.481 e. The van der Waals surface area contributed by atoms with Crippen molar-refractivity contribution >= 4 is 45.4 Å². The summed E-state index contributed by atoms with van der Waals surface area (Å²) in [4.78, 5) is 42.7. The summed E-state index contributed by atoms with van der Waals surface area (Å²) in [6, 6.07) is 15.7. The number of hydrogen-bond donors (Lipinski definition) is 1. The Morgan fingerprint density at radius 2 is 1.83 bits per heavy atom. The number of amides is 1. The van der Waals surface area contributed by atoms with E-state index in [0.29, 0.717) is 22.4 Å². The standard InChI is InChI=1S/C20H16N4O4S/c1-12-21-15-10-6-5-9-14(15)18(27)24(12)22-20-23(13-7-3-2-4-8-13)19(28)16(29-20)11-17(25)26/h2-10,16H,11H2,1H3,(H,25,26)/b22-20+. The van der Waals surface area contributed by atoms with Crippen LogP contribution in [0.1, 0.15) is 12.2 Å². The molecule has 29 heavy (non-hydrogen) atoms. The van der Waals surface area contributed by atoms with Crippen molar-refractivity contribution < 1.29 is 14.7 Å². The predicted molar refractivity (Wildman–Crippen MR) is 111 cm³/mol. The van der Waals surface area contributed by atoms with E-state index in [0.717, 1.165) is 16.4 Å². The monoisotopic (exact) mass is 408 g/mol. The molecule has 0 spiro atoms. The normalized spacial score (nSPS) is 18.0. The third-order valence-corrected chi connectivity index (χ3v) is 5.54. The number of amidine groups is 1. The number of hydrogen-bond acceptors (Lipinski definition) is 6. The van der Waals surface area contributed by atoms with Gasteiger partial charge in [0.05, 0.1) is 23.0 Å². The number of para-hydroxylation sites is 2. The molecule has 4 rings (SSSR count). The predicted octanol–water partition coefficient (Wildman–Crippen LogP) is 2.45. The molecule has 0 bridgehead atoms. The van der Waals surface area contributed by atoms with Crippen molar-refractivity contribution in [1.29, 1.82) is 0 Å². The molecule has 1 fully saturated rings. The van der Waals surface area contributed by atoms with Crippen LogP contribution in [0.3, 0.4) is 0 Å². The molecular weight excluding hydrogens is 392 g/mol. The van der Waals surface area contributed by atoms with Crippen LogP contribution in [-0.4, -0.2) is 37.1 Å². The van der Waals surface area contributed by atoms with E-state index in [-0.39, 0.29) is 23.1 Å². The Balaban J connectivity index is 1.86. The van der Waals surface area contributed by atoms with Crippen molar-refractivity contribution in [2.24, 2.45) is 5.10 Å². The Bertz CT molecular complexity index is 1210. The van der Waals surface area contributed by atoms with E-state index in [1.165, 1.54) is 4.90 Å². The van der Waals surface area contributed by atoms with Crippen LogP contribution in [-0.2, 0) is 9.59 Å². The van der Waals surface area contributed by atoms with Gasteiger partial charge in [-0.3, -0.25) is 19.3 Å². The zero-order valence-electron chi connectivity index (χ0n) is 15.3. The molecule has 1 amide bonds. The van der Waals surface area contributed by atoms with Gasteiger partial charge in [-0.25, -0.2) is 4.98 Å². The fourth-order valence-corrected chi connectivity index (χ4v) is 4.19. The van der Waals surface area contributed by atoms with Crippen LogP contribution in [0.4, 0.5) is 5.69 Å². The molecule has 1 saturated heterocycles. The van der Waals surface area contributed by atoms with Gasteiger partial charge in [-0.05, 0) is 31.2 Å². The molecule has 1 N–H and O–H groups in total. The molecule has 1 unspecified atom stereocenters. The summed E-state index contributed by atoms with van der Waals surface area (Å²) < 4.78 is 1.15. The zero-order chi connectivity index (χ0) is 20.5. The molecule has 0 radical (unpaired) electrons. The van der Waals surface area contributed by atoms with Gasteiger partial charge in [-0.1, -0.05) is 42.1 Å². The third-order valence-electron chi connectivity index (χ3n) is 4.41. The number of fused-ring (bicyclic) bond motifs is 1. The van der Waals surface area contributed by atoms with Gasteiger partial charge in [0.15, 0.2) is 5.17 Å². The number of carboxylic acid groups (broad SMARTS) is 1. The Hall–Kier alpha value is -3.46. The van der Waals surface area contributed by atoms with Gasteiger partial charge in [0, 0.05) is 0 Å². The van der Waals surface area contributed by atoms with Crippen LogP contribution >= 0.6 is 11.8 Å². The second-order valence-corrected chi connectivity index (χ2v) is 7.56. The Morgan fingerprint density at radius 1 is 1.14 bits per heavy atom. The van der Waals surface area contributed by atoms with Gasteiger partial charge in [-0.15, -0.1) is 5.10 Å². The highest BCUT2D eigenvalue weighted by molar-refractivity contribution is 8.16. The molecule has 2 heterocycles. The van der Waals surface area contributed by atoms with Gasteiger partial charge in [-0.2, -0.15) is 4.68 Å². The number of carbonyl (C=O) groups excluding carboxylic acids is 1. The lowest BCUT2D eigenvalue weighted by Crippen LogP contribution is -2.34. The highest BCUT2D eigenvalue weighted by Gasteiger charge is 2.40. The first kappa shape index (κ1) is 18.9. The topological polar surface area (TPSA) is 105 Å². The summed E-state index contributed by atoms with van der Waals surface area (Å²) in [5.41, 5.74) is 0.754. The number of aliphatic carboxylic acids is 1. The first-order valence-electron chi connectivity index (χ1n) is 8.80. The third kappa shape index (κ3) is 3.52. The van der Waals surface area contributed by atoms with Crippen molar-refractivity contribution in [3.8, 4) is 0 Å². The maximum atomic E-state index is 12.9. The molecule has 1 aromatic heterocycles. The summed E-state index contributed by atoms with van der Waals surface area (Å²) >= 11 is 1.03. The van der Waals surface area contributed by atoms with E-state index in [1.54, 1.807) is 55.5 Å². The molecule has 1 aliphatic heterocycles. The highest BCUT2D eigenvalue weighted by Crippen LogP contribution is 2.33. The molecule has 9 heteroatoms. The second-order valence-electron chi connectivity index (χ2n) is 6.39. The Labute approximate surface area is 169 Å². The van der Waals surface area contributed by atoms with E-state index < -0.39 is 11.2 Å². The van der Waals surface area contributed by atoms with Crippen LogP contribution < -0.4 is 10.5 Å². The molecule has 1 atom stereocenters. The molecule has 3 aromatic rings. The molecular formula is C20H16N4O4S. The molecule has 146 valence electrons. The van der Waals surface area contributed by atoms with Crippen LogP contribution in [0.2, 0.25) is 0 Å². The average molecular weight is 408 g/mol. The smallest absolute Gasteiger partial charge is 0.305 e. The lowest BCUT2D eigenvalue weighted by Gasteiger charge is -2.16. The van der Waals surface area contributed by atoms with Gasteiger partial charge >= 0.3 is 5.97 Å². The van der Waals surface area contributed by atoms with Crippen molar-refractivity contribution in [2.45, 2.75) is 18.6 Å². The lowest BCUT2D eigenvalue weighted by atomic mass is 10.2. The lowest BCUT2D eigenvalue weighted by molar-refractivity contribution is -0.138. The van der Waals surface area contributed by atoms with Crippen molar-refractivity contribution in [3.05, 3.63) is 70.8 Å². The molecule has 0 aliphatic carbocycles. The Morgan fingerprint density at radius 3 is 2.55 bits per heavy atom. The van der Waals surface area contributed by atoms with E-state index in [9.17, 15) is 14.4 Å². The number of carboxylic acids is 1. The zero-order valence-corrected chi connectivity index (χ0v) is 16.2. The van der Waals surface area contributed by atoms with E-state index >= 15 is 0 Å². The van der Waals surface area contributed by atoms with E-state index in [4.69, 9.17) is 5.11 Å². The van der Waals surface area contributed by atoms with Gasteiger partial charge in [0.1, 0.15) is 11.1 Å². The molecule has 2 aromatic carbocycles. The van der Waals surface area contributed by atoms with Crippen LogP contribution in [0.25, 0.3) is 10.9 Å². The first-order valence-corrected chi connectivity index (χ1v) is 9.68. The van der Waals surface area contributed by atoms with E-state index in [1.807, 2.05) is 6.07 Å². The number of anilines is 1. The SMILES string of the molecule is Cc1nc2ccccc2c(=O)n1/N=C1/SC(CC(=O)O)C(=O)N1c1ccccc1. The number of thioether (sulfide) groups is 1. The number of carbonyl (C=O) groups is 2. The van der Waals surface area contributed by atoms with Gasteiger partial charge in [0.2, 0.25) is 5.91 Å². The Kier molecular flexibility index (Phi) is 4.89. The van der Waals surface area contributed by atoms with E-state index in [2.05, 4.69) is 10.1 Å². The van der Waals surface area contributed by atoms with Crippen LogP contribution in [0.15, 0.2) is 64.5 Å². The van der Waals surface area contributed by atoms with Crippen LogP contribution in [0, 0.1) is 6.92 Å². The molecule has 1 aliphatic rings. The second kappa shape index (κ2) is 7.51. The highest BCUT2D eigenvalue weighted by atomic mass is 32.2. The summed E-state index contributed by atoms with van der Waals surface area (Å²) in [5.74, 6) is -1.10. The maximum absolute atomic E-state index is 12.9. The molecule has 0 saturated carbocycles. The quantitative estimate of drug-likeness (QED) is 0.711. The minimum absolute atomic E-state index is 0.231. The fourth-order valence-electron chi connectivity index (χ4n) is 3.08. The number of rotatable bonds is 4. The number of aryl methyl sites for hydroxylation is 1. The van der Waals surface area contributed by atoms with Gasteiger partial charge in [0.25, 0.3) is 5.56 Å². The van der Waals surface area contributed by atoms with Crippen molar-refractivity contribution in [2.75, 3.05) is 4.90 Å².